The minimum absolute atomic E-state index is 0.0229. The molecule has 2 heterocycles. The van der Waals surface area contributed by atoms with Crippen molar-refractivity contribution in [2.24, 2.45) is 5.92 Å². The van der Waals surface area contributed by atoms with Crippen molar-refractivity contribution in [1.29, 1.82) is 0 Å². The van der Waals surface area contributed by atoms with E-state index in [1.165, 1.54) is 12.1 Å². The number of halogens is 3. The summed E-state index contributed by atoms with van der Waals surface area (Å²) in [6, 6.07) is 12.4. The highest BCUT2D eigenvalue weighted by Crippen LogP contribution is 2.40. The molecule has 0 bridgehead atoms. The summed E-state index contributed by atoms with van der Waals surface area (Å²) in [7, 11) is 0. The number of alkyl halides is 3. The first-order chi connectivity index (χ1) is 17.3. The number of aliphatic hydroxyl groups excluding tert-OH is 1. The van der Waals surface area contributed by atoms with E-state index in [2.05, 4.69) is 15.3 Å². The van der Waals surface area contributed by atoms with Gasteiger partial charge < -0.3 is 24.9 Å². The van der Waals surface area contributed by atoms with Crippen molar-refractivity contribution in [2.45, 2.75) is 44.7 Å². The Hall–Kier alpha value is -3.37. The van der Waals surface area contributed by atoms with Crippen LogP contribution in [0.25, 0.3) is 11.0 Å². The number of para-hydroxylation sites is 2. The summed E-state index contributed by atoms with van der Waals surface area (Å²) in [5.41, 5.74) is 1.47. The number of aromatic nitrogens is 2. The number of amides is 1. The summed E-state index contributed by atoms with van der Waals surface area (Å²) in [6.45, 7) is 2.18. The highest BCUT2D eigenvalue weighted by atomic mass is 19.4. The average Bonchev–Trinajstić information content (AvgIpc) is 3.29. The van der Waals surface area contributed by atoms with Crippen molar-refractivity contribution in [3.8, 4) is 0 Å². The average molecular weight is 504 g/mol. The SMILES string of the molecule is CCO[C@H]1OC(C(=O)NCc2nc3ccccc3[nH]2)=C[C@@H](c2ccc(C(F)(F)F)cc2)[C@H]1CCCO. The molecule has 1 amide bonds. The third-order valence-electron chi connectivity index (χ3n) is 6.11. The van der Waals surface area contributed by atoms with Crippen molar-refractivity contribution in [2.75, 3.05) is 13.2 Å². The third-order valence-corrected chi connectivity index (χ3v) is 6.11. The summed E-state index contributed by atoms with van der Waals surface area (Å²) in [4.78, 5) is 20.6. The summed E-state index contributed by atoms with van der Waals surface area (Å²) in [5.74, 6) is -0.647. The lowest BCUT2D eigenvalue weighted by atomic mass is 9.80. The molecule has 7 nitrogen and oxygen atoms in total. The van der Waals surface area contributed by atoms with Crippen molar-refractivity contribution in [3.05, 3.63) is 77.3 Å². The Morgan fingerprint density at radius 1 is 1.19 bits per heavy atom. The third kappa shape index (κ3) is 5.88. The highest BCUT2D eigenvalue weighted by Gasteiger charge is 2.38. The van der Waals surface area contributed by atoms with Gasteiger partial charge in [0.05, 0.1) is 23.1 Å². The van der Waals surface area contributed by atoms with Crippen LogP contribution in [0, 0.1) is 5.92 Å². The second-order valence-electron chi connectivity index (χ2n) is 8.53. The number of allylic oxidation sites excluding steroid dienone is 1. The molecular weight excluding hydrogens is 475 g/mol. The zero-order valence-corrected chi connectivity index (χ0v) is 19.7. The molecule has 0 radical (unpaired) electrons. The van der Waals surface area contributed by atoms with E-state index in [1.807, 2.05) is 24.3 Å². The number of rotatable bonds is 9. The molecule has 3 aromatic rings. The Labute approximate surface area is 206 Å². The molecule has 0 spiro atoms. The Balaban J connectivity index is 1.58. The predicted molar refractivity (Wildman–Crippen MR) is 127 cm³/mol. The van der Waals surface area contributed by atoms with Gasteiger partial charge in [-0.2, -0.15) is 13.2 Å². The number of ether oxygens (including phenoxy) is 2. The molecule has 0 saturated carbocycles. The lowest BCUT2D eigenvalue weighted by Gasteiger charge is -2.37. The molecular formula is C26H28F3N3O4. The lowest BCUT2D eigenvalue weighted by molar-refractivity contribution is -0.166. The first-order valence-corrected chi connectivity index (χ1v) is 11.8. The largest absolute Gasteiger partial charge is 0.459 e. The van der Waals surface area contributed by atoms with Gasteiger partial charge in [-0.25, -0.2) is 4.98 Å². The topological polar surface area (TPSA) is 96.5 Å². The van der Waals surface area contributed by atoms with Gasteiger partial charge in [-0.3, -0.25) is 4.79 Å². The van der Waals surface area contributed by atoms with Crippen LogP contribution in [0.2, 0.25) is 0 Å². The van der Waals surface area contributed by atoms with Gasteiger partial charge in [0.1, 0.15) is 5.82 Å². The van der Waals surface area contributed by atoms with Crippen LogP contribution in [0.5, 0.6) is 0 Å². The number of hydrogen-bond acceptors (Lipinski definition) is 5. The molecule has 36 heavy (non-hydrogen) atoms. The number of aromatic amines is 1. The van der Waals surface area contributed by atoms with Crippen LogP contribution in [0.4, 0.5) is 13.2 Å². The molecule has 192 valence electrons. The zero-order chi connectivity index (χ0) is 25.7. The predicted octanol–water partition coefficient (Wildman–Crippen LogP) is 4.65. The second-order valence-corrected chi connectivity index (χ2v) is 8.53. The number of fused-ring (bicyclic) bond motifs is 1. The monoisotopic (exact) mass is 503 g/mol. The van der Waals surface area contributed by atoms with E-state index in [-0.39, 0.29) is 24.8 Å². The van der Waals surface area contributed by atoms with Gasteiger partial charge in [-0.15, -0.1) is 0 Å². The molecule has 0 fully saturated rings. The van der Waals surface area contributed by atoms with Crippen molar-refractivity contribution < 1.29 is 32.5 Å². The first kappa shape index (κ1) is 25.7. The van der Waals surface area contributed by atoms with Crippen molar-refractivity contribution in [3.63, 3.8) is 0 Å². The van der Waals surface area contributed by atoms with E-state index in [4.69, 9.17) is 9.47 Å². The standard InChI is InChI=1S/C26H28F3N3O4/c1-2-35-25-18(6-5-13-33)19(16-9-11-17(12-10-16)26(27,28)29)14-22(36-25)24(34)30-15-23-31-20-7-3-4-8-21(20)32-23/h3-4,7-12,14,18-19,25,33H,2,5-6,13,15H2,1H3,(H,30,34)(H,31,32)/t18-,19+,25+/m1/s1. The highest BCUT2D eigenvalue weighted by molar-refractivity contribution is 5.91. The van der Waals surface area contributed by atoms with Gasteiger partial charge in [-0.1, -0.05) is 24.3 Å². The van der Waals surface area contributed by atoms with Crippen LogP contribution < -0.4 is 5.32 Å². The number of aliphatic hydroxyl groups is 1. The number of carbonyl (C=O) groups excluding carboxylic acids is 1. The van der Waals surface area contributed by atoms with E-state index in [1.54, 1.807) is 13.0 Å². The second kappa shape index (κ2) is 11.1. The number of nitrogens with zero attached hydrogens (tertiary/aromatic N) is 1. The smallest absolute Gasteiger partial charge is 0.416 e. The molecule has 10 heteroatoms. The van der Waals surface area contributed by atoms with Crippen LogP contribution in [-0.4, -0.2) is 40.5 Å². The molecule has 3 N–H and O–H groups in total. The van der Waals surface area contributed by atoms with E-state index in [0.29, 0.717) is 30.8 Å². The number of nitrogens with one attached hydrogen (secondary N) is 2. The van der Waals surface area contributed by atoms with Gasteiger partial charge in [-0.05, 0) is 55.7 Å². The van der Waals surface area contributed by atoms with Crippen LogP contribution in [0.15, 0.2) is 60.4 Å². The summed E-state index contributed by atoms with van der Waals surface area (Å²) in [5, 5.41) is 12.2. The molecule has 1 aromatic heterocycles. The van der Waals surface area contributed by atoms with E-state index < -0.39 is 29.9 Å². The molecule has 3 atom stereocenters. The normalized spacial score (nSPS) is 20.1. The number of carbonyl (C=O) groups is 1. The molecule has 1 aliphatic rings. The van der Waals surface area contributed by atoms with Gasteiger partial charge >= 0.3 is 6.18 Å². The Bertz CT molecular complexity index is 1170. The van der Waals surface area contributed by atoms with Crippen LogP contribution in [-0.2, 0) is 27.0 Å². The maximum Gasteiger partial charge on any atom is 0.416 e. The van der Waals surface area contributed by atoms with Crippen LogP contribution in [0.3, 0.4) is 0 Å². The van der Waals surface area contributed by atoms with Crippen molar-refractivity contribution >= 4 is 16.9 Å². The van der Waals surface area contributed by atoms with E-state index >= 15 is 0 Å². The Kier molecular flexibility index (Phi) is 7.95. The molecule has 0 aliphatic carbocycles. The number of benzene rings is 2. The fraction of sp³-hybridized carbons (Fsp3) is 0.385. The fourth-order valence-corrected chi connectivity index (χ4v) is 4.38. The van der Waals surface area contributed by atoms with Gasteiger partial charge in [0.25, 0.3) is 5.91 Å². The van der Waals surface area contributed by atoms with Gasteiger partial charge in [0, 0.05) is 25.0 Å². The number of hydrogen-bond donors (Lipinski definition) is 3. The molecule has 2 aromatic carbocycles. The van der Waals surface area contributed by atoms with Gasteiger partial charge in [0.15, 0.2) is 5.76 Å². The van der Waals surface area contributed by atoms with Gasteiger partial charge in [0.2, 0.25) is 6.29 Å². The van der Waals surface area contributed by atoms with Crippen LogP contribution >= 0.6 is 0 Å². The fourth-order valence-electron chi connectivity index (χ4n) is 4.38. The quantitative estimate of drug-likeness (QED) is 0.395. The summed E-state index contributed by atoms with van der Waals surface area (Å²) < 4.78 is 51.0. The molecule has 0 unspecified atom stereocenters. The molecule has 1 aliphatic heterocycles. The lowest BCUT2D eigenvalue weighted by Crippen LogP contribution is -2.39. The number of imidazole rings is 1. The maximum atomic E-state index is 13.1. The summed E-state index contributed by atoms with van der Waals surface area (Å²) in [6.07, 6.45) is -2.68. The molecule has 4 rings (SSSR count). The Morgan fingerprint density at radius 2 is 1.94 bits per heavy atom. The minimum atomic E-state index is -4.45. The zero-order valence-electron chi connectivity index (χ0n) is 19.7. The minimum Gasteiger partial charge on any atom is -0.459 e. The molecule has 0 saturated heterocycles. The Morgan fingerprint density at radius 3 is 2.61 bits per heavy atom. The number of H-pyrrole nitrogens is 1. The van der Waals surface area contributed by atoms with E-state index in [0.717, 1.165) is 23.2 Å². The van der Waals surface area contributed by atoms with Crippen molar-refractivity contribution in [1.82, 2.24) is 15.3 Å². The van der Waals surface area contributed by atoms with Crippen LogP contribution in [0.1, 0.15) is 42.6 Å². The maximum absolute atomic E-state index is 13.1. The first-order valence-electron chi connectivity index (χ1n) is 11.8. The summed E-state index contributed by atoms with van der Waals surface area (Å²) >= 11 is 0. The van der Waals surface area contributed by atoms with E-state index in [9.17, 15) is 23.1 Å².